The van der Waals surface area contributed by atoms with Crippen molar-refractivity contribution in [1.82, 2.24) is 15.2 Å². The Labute approximate surface area is 193 Å². The van der Waals surface area contributed by atoms with E-state index in [0.717, 1.165) is 30.3 Å². The number of carbonyl (C=O) groups excluding carboxylic acids is 2. The van der Waals surface area contributed by atoms with Crippen LogP contribution >= 0.6 is 11.6 Å². The van der Waals surface area contributed by atoms with Gasteiger partial charge in [-0.15, -0.1) is 0 Å². The van der Waals surface area contributed by atoms with E-state index < -0.39 is 34.5 Å². The minimum atomic E-state index is -4.64. The molecule has 13 heteroatoms. The zero-order valence-corrected chi connectivity index (χ0v) is 17.6. The Hall–Kier alpha value is -4.19. The fraction of sp³-hybridized carbons (Fsp3) is 0.0476. The van der Waals surface area contributed by atoms with Crippen molar-refractivity contribution < 1.29 is 27.2 Å². The number of H-pyrrole nitrogens is 1. The molecule has 4 N–H and O–H groups in total. The van der Waals surface area contributed by atoms with Crippen LogP contribution in [0, 0.1) is 5.82 Å². The minimum Gasteiger partial charge on any atom is -0.320 e. The SMILES string of the molecule is O=C(Nc1ccc(C(F)(F)F)c(Cl)c1)Nc1ccc(F)c(C(=O)Nc2cnc3[nH]ncc3c2)c1. The smallest absolute Gasteiger partial charge is 0.320 e. The van der Waals surface area contributed by atoms with Crippen LogP contribution in [-0.2, 0) is 6.18 Å². The zero-order valence-electron chi connectivity index (χ0n) is 16.8. The number of alkyl halides is 3. The van der Waals surface area contributed by atoms with Gasteiger partial charge in [0, 0.05) is 16.8 Å². The third kappa shape index (κ3) is 5.07. The second-order valence-electron chi connectivity index (χ2n) is 6.95. The van der Waals surface area contributed by atoms with E-state index in [-0.39, 0.29) is 16.9 Å². The van der Waals surface area contributed by atoms with Crippen LogP contribution in [0.4, 0.5) is 39.4 Å². The summed E-state index contributed by atoms with van der Waals surface area (Å²) in [7, 11) is 0. The van der Waals surface area contributed by atoms with Crippen molar-refractivity contribution in [2.45, 2.75) is 6.18 Å². The number of rotatable bonds is 4. The normalized spacial score (nSPS) is 11.3. The second kappa shape index (κ2) is 8.98. The number of aromatic amines is 1. The molecule has 0 bridgehead atoms. The molecule has 0 saturated carbocycles. The lowest BCUT2D eigenvalue weighted by molar-refractivity contribution is -0.137. The quantitative estimate of drug-likeness (QED) is 0.275. The predicted octanol–water partition coefficient (Wildman–Crippen LogP) is 5.67. The summed E-state index contributed by atoms with van der Waals surface area (Å²) in [4.78, 5) is 28.9. The molecule has 0 aliphatic rings. The Bertz CT molecular complexity index is 1410. The van der Waals surface area contributed by atoms with E-state index in [0.29, 0.717) is 16.7 Å². The number of amides is 3. The standard InChI is InChI=1S/C21H13ClF4N6O2/c22-16-7-12(1-3-15(16)21(24,25)26)31-20(34)30-11-2-4-17(23)14(6-11)19(33)29-13-5-10-8-28-32-18(10)27-9-13/h1-9H,(H,29,33)(H,27,28,32)(H2,30,31,34). The highest BCUT2D eigenvalue weighted by atomic mass is 35.5. The Morgan fingerprint density at radius 1 is 0.912 bits per heavy atom. The summed E-state index contributed by atoms with van der Waals surface area (Å²) < 4.78 is 52.7. The van der Waals surface area contributed by atoms with Gasteiger partial charge in [0.25, 0.3) is 5.91 Å². The number of anilines is 3. The van der Waals surface area contributed by atoms with Crippen LogP contribution in [0.15, 0.2) is 54.9 Å². The molecule has 0 aliphatic heterocycles. The molecule has 8 nitrogen and oxygen atoms in total. The van der Waals surface area contributed by atoms with Crippen LogP contribution < -0.4 is 16.0 Å². The van der Waals surface area contributed by atoms with Crippen molar-refractivity contribution in [1.29, 1.82) is 0 Å². The second-order valence-corrected chi connectivity index (χ2v) is 7.36. The first-order chi connectivity index (χ1) is 16.1. The number of aromatic nitrogens is 3. The van der Waals surface area contributed by atoms with Crippen molar-refractivity contribution in [3.05, 3.63) is 76.8 Å². The van der Waals surface area contributed by atoms with Crippen molar-refractivity contribution in [3.8, 4) is 0 Å². The molecule has 174 valence electrons. The van der Waals surface area contributed by atoms with E-state index in [4.69, 9.17) is 11.6 Å². The molecule has 0 radical (unpaired) electrons. The van der Waals surface area contributed by atoms with Crippen molar-refractivity contribution in [2.75, 3.05) is 16.0 Å². The number of carbonyl (C=O) groups is 2. The number of fused-ring (bicyclic) bond motifs is 1. The molecule has 2 heterocycles. The van der Waals surface area contributed by atoms with Gasteiger partial charge in [-0.3, -0.25) is 9.89 Å². The molecule has 3 amide bonds. The molecule has 0 atom stereocenters. The van der Waals surface area contributed by atoms with Crippen LogP contribution in [0.2, 0.25) is 5.02 Å². The molecule has 0 fully saturated rings. The van der Waals surface area contributed by atoms with Crippen LogP contribution in [0.1, 0.15) is 15.9 Å². The Balaban J connectivity index is 1.45. The molecule has 0 unspecified atom stereocenters. The number of hydrogen-bond donors (Lipinski definition) is 4. The lowest BCUT2D eigenvalue weighted by Crippen LogP contribution is -2.20. The summed E-state index contributed by atoms with van der Waals surface area (Å²) in [5, 5.41) is 13.7. The van der Waals surface area contributed by atoms with Crippen molar-refractivity contribution in [3.63, 3.8) is 0 Å². The summed E-state index contributed by atoms with van der Waals surface area (Å²) in [5.41, 5.74) is -0.536. The summed E-state index contributed by atoms with van der Waals surface area (Å²) in [6.07, 6.45) is -1.77. The van der Waals surface area contributed by atoms with Gasteiger partial charge in [0.05, 0.1) is 34.2 Å². The number of hydrogen-bond acceptors (Lipinski definition) is 4. The maximum absolute atomic E-state index is 14.3. The molecule has 0 saturated heterocycles. The number of urea groups is 1. The van der Waals surface area contributed by atoms with Crippen LogP contribution in [0.3, 0.4) is 0 Å². The minimum absolute atomic E-state index is 0.00211. The summed E-state index contributed by atoms with van der Waals surface area (Å²) in [6, 6.07) is 6.75. The predicted molar refractivity (Wildman–Crippen MR) is 117 cm³/mol. The van der Waals surface area contributed by atoms with Gasteiger partial charge >= 0.3 is 12.2 Å². The summed E-state index contributed by atoms with van der Waals surface area (Å²) >= 11 is 5.64. The molecular formula is C21H13ClF4N6O2. The van der Waals surface area contributed by atoms with Crippen LogP contribution in [0.25, 0.3) is 11.0 Å². The van der Waals surface area contributed by atoms with Crippen LogP contribution in [0.5, 0.6) is 0 Å². The molecule has 2 aromatic carbocycles. The zero-order chi connectivity index (χ0) is 24.5. The first-order valence-corrected chi connectivity index (χ1v) is 9.83. The van der Waals surface area contributed by atoms with Gasteiger partial charge in [0.2, 0.25) is 0 Å². The topological polar surface area (TPSA) is 112 Å². The molecule has 2 aromatic heterocycles. The monoisotopic (exact) mass is 492 g/mol. The molecule has 0 spiro atoms. The number of pyridine rings is 1. The third-order valence-electron chi connectivity index (χ3n) is 4.55. The molecule has 34 heavy (non-hydrogen) atoms. The van der Waals surface area contributed by atoms with Crippen molar-refractivity contribution in [2.24, 2.45) is 0 Å². The highest BCUT2D eigenvalue weighted by molar-refractivity contribution is 6.31. The summed E-state index contributed by atoms with van der Waals surface area (Å²) in [6.45, 7) is 0. The Kier molecular flexibility index (Phi) is 6.07. The van der Waals surface area contributed by atoms with Gasteiger partial charge < -0.3 is 16.0 Å². The van der Waals surface area contributed by atoms with E-state index in [9.17, 15) is 27.2 Å². The first kappa shape index (κ1) is 23.0. The molecular weight excluding hydrogens is 480 g/mol. The molecule has 0 aliphatic carbocycles. The highest BCUT2D eigenvalue weighted by Gasteiger charge is 2.33. The maximum atomic E-state index is 14.3. The average molecular weight is 493 g/mol. The lowest BCUT2D eigenvalue weighted by Gasteiger charge is -2.12. The number of benzene rings is 2. The van der Waals surface area contributed by atoms with Crippen LogP contribution in [-0.4, -0.2) is 27.1 Å². The number of halogens is 5. The molecule has 4 aromatic rings. The Morgan fingerprint density at radius 3 is 2.32 bits per heavy atom. The van der Waals surface area contributed by atoms with E-state index in [1.165, 1.54) is 18.5 Å². The van der Waals surface area contributed by atoms with Gasteiger partial charge in [0.15, 0.2) is 5.65 Å². The largest absolute Gasteiger partial charge is 0.417 e. The van der Waals surface area contributed by atoms with Gasteiger partial charge in [-0.25, -0.2) is 14.2 Å². The summed E-state index contributed by atoms with van der Waals surface area (Å²) in [5.74, 6) is -1.63. The van der Waals surface area contributed by atoms with Gasteiger partial charge in [-0.1, -0.05) is 11.6 Å². The maximum Gasteiger partial charge on any atom is 0.417 e. The highest BCUT2D eigenvalue weighted by Crippen LogP contribution is 2.35. The van der Waals surface area contributed by atoms with E-state index >= 15 is 0 Å². The number of nitrogens with zero attached hydrogens (tertiary/aromatic N) is 2. The Morgan fingerprint density at radius 2 is 1.62 bits per heavy atom. The molecule has 4 rings (SSSR count). The average Bonchev–Trinajstić information content (AvgIpc) is 3.22. The first-order valence-electron chi connectivity index (χ1n) is 9.45. The van der Waals surface area contributed by atoms with E-state index in [2.05, 4.69) is 31.1 Å². The fourth-order valence-electron chi connectivity index (χ4n) is 3.00. The van der Waals surface area contributed by atoms with Crippen molar-refractivity contribution >= 4 is 51.6 Å². The van der Waals surface area contributed by atoms with Gasteiger partial charge in [-0.05, 0) is 42.5 Å². The fourth-order valence-corrected chi connectivity index (χ4v) is 3.28. The number of nitrogens with one attached hydrogen (secondary N) is 4. The third-order valence-corrected chi connectivity index (χ3v) is 4.86. The van der Waals surface area contributed by atoms with Gasteiger partial charge in [-0.2, -0.15) is 18.3 Å². The lowest BCUT2D eigenvalue weighted by atomic mass is 10.1. The van der Waals surface area contributed by atoms with E-state index in [1.54, 1.807) is 6.07 Å². The van der Waals surface area contributed by atoms with E-state index in [1.807, 2.05) is 0 Å². The van der Waals surface area contributed by atoms with Gasteiger partial charge in [0.1, 0.15) is 5.82 Å².